The van der Waals surface area contributed by atoms with Gasteiger partial charge in [0, 0.05) is 35.5 Å². The normalized spacial score (nSPS) is 10.8. The molecule has 0 radical (unpaired) electrons. The van der Waals surface area contributed by atoms with E-state index in [1.807, 2.05) is 55.5 Å². The zero-order valence-corrected chi connectivity index (χ0v) is 17.2. The van der Waals surface area contributed by atoms with Gasteiger partial charge in [0.1, 0.15) is 11.6 Å². The van der Waals surface area contributed by atoms with Gasteiger partial charge < -0.3 is 9.64 Å². The Morgan fingerprint density at radius 1 is 1.00 bits per heavy atom. The van der Waals surface area contributed by atoms with Crippen molar-refractivity contribution < 1.29 is 13.9 Å². The Bertz CT molecular complexity index is 1200. The molecule has 0 atom stereocenters. The molecule has 2 aromatic carbocycles. The molecule has 31 heavy (non-hydrogen) atoms. The summed E-state index contributed by atoms with van der Waals surface area (Å²) in [5.74, 6) is -0.00873. The first-order chi connectivity index (χ1) is 15.1. The fourth-order valence-corrected chi connectivity index (χ4v) is 3.37. The molecular formula is C25H22FN3O2. The molecule has 2 heterocycles. The van der Waals surface area contributed by atoms with Gasteiger partial charge in [0.25, 0.3) is 5.91 Å². The average Bonchev–Trinajstić information content (AvgIpc) is 2.78. The van der Waals surface area contributed by atoms with Crippen LogP contribution in [0.25, 0.3) is 10.9 Å². The standard InChI is InChI=1S/C25H22FN3O2/c1-18-14-24(21-10-3-5-12-23(21)28-18)31-17-25(30)29(16-20-9-6-7-13-27-20)15-19-8-2-4-11-22(19)26/h2-14H,15-17H2,1H3. The number of hydrogen-bond acceptors (Lipinski definition) is 4. The van der Waals surface area contributed by atoms with Crippen molar-refractivity contribution in [1.29, 1.82) is 0 Å². The first-order valence-electron chi connectivity index (χ1n) is 10.0. The minimum absolute atomic E-state index is 0.127. The van der Waals surface area contributed by atoms with Gasteiger partial charge in [-0.2, -0.15) is 0 Å². The second-order valence-corrected chi connectivity index (χ2v) is 7.23. The molecule has 6 heteroatoms. The number of carbonyl (C=O) groups is 1. The predicted molar refractivity (Wildman–Crippen MR) is 117 cm³/mol. The van der Waals surface area contributed by atoms with Gasteiger partial charge in [-0.05, 0) is 37.3 Å². The van der Waals surface area contributed by atoms with Gasteiger partial charge >= 0.3 is 0 Å². The van der Waals surface area contributed by atoms with Gasteiger partial charge in [0.05, 0.1) is 17.8 Å². The third-order valence-electron chi connectivity index (χ3n) is 4.91. The number of aryl methyl sites for hydroxylation is 1. The van der Waals surface area contributed by atoms with Gasteiger partial charge in [0.2, 0.25) is 0 Å². The molecule has 0 aliphatic rings. The number of halogens is 1. The molecule has 4 aromatic rings. The summed E-state index contributed by atoms with van der Waals surface area (Å²) < 4.78 is 20.1. The van der Waals surface area contributed by atoms with Crippen LogP contribution in [0.5, 0.6) is 5.75 Å². The highest BCUT2D eigenvalue weighted by molar-refractivity contribution is 5.86. The highest BCUT2D eigenvalue weighted by Crippen LogP contribution is 2.25. The summed E-state index contributed by atoms with van der Waals surface area (Å²) in [7, 11) is 0. The van der Waals surface area contributed by atoms with Gasteiger partial charge in [-0.15, -0.1) is 0 Å². The van der Waals surface area contributed by atoms with E-state index in [0.29, 0.717) is 11.3 Å². The average molecular weight is 415 g/mol. The monoisotopic (exact) mass is 415 g/mol. The number of carbonyl (C=O) groups excluding carboxylic acids is 1. The molecule has 5 nitrogen and oxygen atoms in total. The van der Waals surface area contributed by atoms with E-state index in [0.717, 1.165) is 22.3 Å². The summed E-state index contributed by atoms with van der Waals surface area (Å²) in [5.41, 5.74) is 2.77. The Morgan fingerprint density at radius 2 is 1.77 bits per heavy atom. The van der Waals surface area contributed by atoms with E-state index in [4.69, 9.17) is 4.74 Å². The lowest BCUT2D eigenvalue weighted by molar-refractivity contribution is -0.134. The van der Waals surface area contributed by atoms with Crippen molar-refractivity contribution in [1.82, 2.24) is 14.9 Å². The van der Waals surface area contributed by atoms with Crippen LogP contribution in [-0.4, -0.2) is 27.4 Å². The lowest BCUT2D eigenvalue weighted by Crippen LogP contribution is -2.34. The Labute approximate surface area is 180 Å². The maximum absolute atomic E-state index is 14.2. The molecule has 1 amide bonds. The molecule has 0 fully saturated rings. The second-order valence-electron chi connectivity index (χ2n) is 7.23. The number of nitrogens with zero attached hydrogens (tertiary/aromatic N) is 3. The van der Waals surface area contributed by atoms with Crippen molar-refractivity contribution in [2.24, 2.45) is 0 Å². The largest absolute Gasteiger partial charge is 0.483 e. The van der Waals surface area contributed by atoms with E-state index in [2.05, 4.69) is 9.97 Å². The third-order valence-corrected chi connectivity index (χ3v) is 4.91. The maximum Gasteiger partial charge on any atom is 0.261 e. The second kappa shape index (κ2) is 9.34. The number of benzene rings is 2. The zero-order valence-electron chi connectivity index (χ0n) is 17.2. The first-order valence-corrected chi connectivity index (χ1v) is 10.0. The Kier molecular flexibility index (Phi) is 6.17. The smallest absolute Gasteiger partial charge is 0.261 e. The number of pyridine rings is 2. The molecule has 0 saturated heterocycles. The SMILES string of the molecule is Cc1cc(OCC(=O)N(Cc2ccccn2)Cc2ccccc2F)c2ccccc2n1. The fourth-order valence-electron chi connectivity index (χ4n) is 3.37. The maximum atomic E-state index is 14.2. The molecule has 156 valence electrons. The summed E-state index contributed by atoms with van der Waals surface area (Å²) in [6, 6.07) is 21.4. The summed E-state index contributed by atoms with van der Waals surface area (Å²) in [4.78, 5) is 23.4. The van der Waals surface area contributed by atoms with Crippen LogP contribution in [0.2, 0.25) is 0 Å². The molecule has 4 rings (SSSR count). The number of rotatable bonds is 7. The van der Waals surface area contributed by atoms with Crippen LogP contribution >= 0.6 is 0 Å². The Morgan fingerprint density at radius 3 is 2.58 bits per heavy atom. The molecule has 0 spiro atoms. The summed E-state index contributed by atoms with van der Waals surface area (Å²) in [5, 5.41) is 0.839. The quantitative estimate of drug-likeness (QED) is 0.440. The fraction of sp³-hybridized carbons (Fsp3) is 0.160. The highest BCUT2D eigenvalue weighted by Gasteiger charge is 2.18. The summed E-state index contributed by atoms with van der Waals surface area (Å²) in [6.07, 6.45) is 1.67. The third kappa shape index (κ3) is 5.04. The topological polar surface area (TPSA) is 55.3 Å². The van der Waals surface area contributed by atoms with E-state index in [9.17, 15) is 9.18 Å². The summed E-state index contributed by atoms with van der Waals surface area (Å²) >= 11 is 0. The minimum atomic E-state index is -0.349. The van der Waals surface area contributed by atoms with Gasteiger partial charge in [-0.25, -0.2) is 4.39 Å². The lowest BCUT2D eigenvalue weighted by atomic mass is 10.2. The number of hydrogen-bond donors (Lipinski definition) is 0. The number of fused-ring (bicyclic) bond motifs is 1. The van der Waals surface area contributed by atoms with Crippen LogP contribution in [0.15, 0.2) is 79.0 Å². The van der Waals surface area contributed by atoms with Crippen LogP contribution in [0, 0.1) is 12.7 Å². The van der Waals surface area contributed by atoms with E-state index in [-0.39, 0.29) is 31.4 Å². The van der Waals surface area contributed by atoms with Gasteiger partial charge in [-0.3, -0.25) is 14.8 Å². The molecule has 0 saturated carbocycles. The number of aromatic nitrogens is 2. The van der Waals surface area contributed by atoms with Gasteiger partial charge in [0.15, 0.2) is 6.61 Å². The van der Waals surface area contributed by atoms with Crippen LogP contribution in [-0.2, 0) is 17.9 Å². The Balaban J connectivity index is 1.55. The molecule has 2 aromatic heterocycles. The molecule has 0 aliphatic carbocycles. The van der Waals surface area contributed by atoms with Crippen molar-refractivity contribution in [2.75, 3.05) is 6.61 Å². The predicted octanol–water partition coefficient (Wildman–Crippen LogP) is 4.69. The Hall–Kier alpha value is -3.80. The first kappa shape index (κ1) is 20.5. The molecule has 0 N–H and O–H groups in total. The van der Waals surface area contributed by atoms with Crippen molar-refractivity contribution >= 4 is 16.8 Å². The van der Waals surface area contributed by atoms with E-state index in [1.165, 1.54) is 6.07 Å². The van der Waals surface area contributed by atoms with E-state index in [1.54, 1.807) is 29.3 Å². The number of para-hydroxylation sites is 1. The number of ether oxygens (including phenoxy) is 1. The molecule has 0 bridgehead atoms. The van der Waals surface area contributed by atoms with Crippen LogP contribution in [0.1, 0.15) is 17.0 Å². The molecule has 0 unspecified atom stereocenters. The zero-order chi connectivity index (χ0) is 21.6. The van der Waals surface area contributed by atoms with Crippen molar-refractivity contribution in [3.8, 4) is 5.75 Å². The minimum Gasteiger partial charge on any atom is -0.483 e. The van der Waals surface area contributed by atoms with Crippen LogP contribution in [0.3, 0.4) is 0 Å². The lowest BCUT2D eigenvalue weighted by Gasteiger charge is -2.23. The van der Waals surface area contributed by atoms with Crippen LogP contribution in [0.4, 0.5) is 4.39 Å². The highest BCUT2D eigenvalue weighted by atomic mass is 19.1. The molecule has 0 aliphatic heterocycles. The van der Waals surface area contributed by atoms with Crippen molar-refractivity contribution in [3.63, 3.8) is 0 Å². The molecular weight excluding hydrogens is 393 g/mol. The van der Waals surface area contributed by atoms with Gasteiger partial charge in [-0.1, -0.05) is 36.4 Å². The van der Waals surface area contributed by atoms with E-state index < -0.39 is 0 Å². The van der Waals surface area contributed by atoms with Crippen molar-refractivity contribution in [3.05, 3.63) is 102 Å². The van der Waals surface area contributed by atoms with Crippen LogP contribution < -0.4 is 4.74 Å². The number of amides is 1. The van der Waals surface area contributed by atoms with E-state index >= 15 is 0 Å². The summed E-state index contributed by atoms with van der Waals surface area (Å²) in [6.45, 7) is 2.09. The van der Waals surface area contributed by atoms with Crippen molar-refractivity contribution in [2.45, 2.75) is 20.0 Å².